The highest BCUT2D eigenvalue weighted by molar-refractivity contribution is 7.09. The molecule has 0 aliphatic heterocycles. The van der Waals surface area contributed by atoms with E-state index in [1.54, 1.807) is 17.4 Å². The first-order valence-electron chi connectivity index (χ1n) is 6.89. The summed E-state index contributed by atoms with van der Waals surface area (Å²) in [5.41, 5.74) is 3.61. The van der Waals surface area contributed by atoms with Gasteiger partial charge in [-0.2, -0.15) is 5.26 Å². The van der Waals surface area contributed by atoms with Crippen molar-refractivity contribution in [3.63, 3.8) is 0 Å². The quantitative estimate of drug-likeness (QED) is 0.709. The molecule has 1 heterocycles. The fourth-order valence-electron chi connectivity index (χ4n) is 2.13. The summed E-state index contributed by atoms with van der Waals surface area (Å²) in [7, 11) is 0. The predicted octanol–water partition coefficient (Wildman–Crippen LogP) is 4.57. The highest BCUT2D eigenvalue weighted by Crippen LogP contribution is 2.24. The summed E-state index contributed by atoms with van der Waals surface area (Å²) in [5.74, 6) is 0.781. The Morgan fingerprint density at radius 3 is 2.59 bits per heavy atom. The third-order valence-corrected chi connectivity index (χ3v) is 4.07. The van der Waals surface area contributed by atoms with Crippen LogP contribution in [0.25, 0.3) is 11.3 Å². The lowest BCUT2D eigenvalue weighted by Crippen LogP contribution is -1.98. The zero-order chi connectivity index (χ0) is 15.4. The van der Waals surface area contributed by atoms with Crippen LogP contribution in [0.2, 0.25) is 0 Å². The molecule has 0 atom stereocenters. The maximum atomic E-state index is 9.07. The number of aryl methyl sites for hydroxylation is 1. The second kappa shape index (κ2) is 6.42. The van der Waals surface area contributed by atoms with Crippen LogP contribution in [-0.4, -0.2) is 4.98 Å². The van der Waals surface area contributed by atoms with E-state index in [4.69, 9.17) is 10.00 Å². The number of aromatic nitrogens is 1. The molecule has 1 aromatic heterocycles. The van der Waals surface area contributed by atoms with Gasteiger partial charge in [-0.25, -0.2) is 4.98 Å². The van der Waals surface area contributed by atoms with E-state index in [1.165, 1.54) is 0 Å². The van der Waals surface area contributed by atoms with Crippen LogP contribution in [-0.2, 0) is 6.61 Å². The summed E-state index contributed by atoms with van der Waals surface area (Å²) in [5, 5.41) is 12.2. The van der Waals surface area contributed by atoms with Crippen molar-refractivity contribution in [2.24, 2.45) is 0 Å². The predicted molar refractivity (Wildman–Crippen MR) is 87.8 cm³/mol. The van der Waals surface area contributed by atoms with Crippen LogP contribution in [0.1, 0.15) is 16.1 Å². The van der Waals surface area contributed by atoms with Crippen LogP contribution in [0.4, 0.5) is 0 Å². The number of nitrogens with zero attached hydrogens (tertiary/aromatic N) is 2. The first-order valence-corrected chi connectivity index (χ1v) is 7.77. The van der Waals surface area contributed by atoms with Gasteiger partial charge in [-0.3, -0.25) is 0 Å². The van der Waals surface area contributed by atoms with E-state index < -0.39 is 0 Å². The van der Waals surface area contributed by atoms with Gasteiger partial charge in [0.25, 0.3) is 0 Å². The van der Waals surface area contributed by atoms with Gasteiger partial charge in [0, 0.05) is 16.5 Å². The molecule has 0 aliphatic rings. The molecule has 0 amide bonds. The van der Waals surface area contributed by atoms with E-state index in [1.807, 2.05) is 54.8 Å². The van der Waals surface area contributed by atoms with Gasteiger partial charge >= 0.3 is 0 Å². The molecule has 0 fully saturated rings. The zero-order valence-electron chi connectivity index (χ0n) is 12.1. The Hall–Kier alpha value is -2.64. The van der Waals surface area contributed by atoms with Crippen molar-refractivity contribution in [3.8, 4) is 23.1 Å². The molecule has 0 spiro atoms. The summed E-state index contributed by atoms with van der Waals surface area (Å²) in [4.78, 5) is 4.47. The summed E-state index contributed by atoms with van der Waals surface area (Å²) >= 11 is 1.64. The van der Waals surface area contributed by atoms with Gasteiger partial charge in [0.05, 0.1) is 22.3 Å². The lowest BCUT2D eigenvalue weighted by atomic mass is 10.1. The van der Waals surface area contributed by atoms with Crippen LogP contribution in [0.15, 0.2) is 53.9 Å². The maximum absolute atomic E-state index is 9.07. The van der Waals surface area contributed by atoms with Crippen molar-refractivity contribution < 1.29 is 4.74 Å². The minimum Gasteiger partial charge on any atom is -0.489 e. The average Bonchev–Trinajstić information content (AvgIpc) is 3.00. The van der Waals surface area contributed by atoms with Gasteiger partial charge in [0.2, 0.25) is 0 Å². The second-order valence-electron chi connectivity index (χ2n) is 4.83. The topological polar surface area (TPSA) is 45.9 Å². The largest absolute Gasteiger partial charge is 0.489 e. The SMILES string of the molecule is Cc1nc(-c2ccc(OCc3ccccc3C#N)cc2)cs1. The molecule has 3 rings (SSSR count). The van der Waals surface area contributed by atoms with Crippen LogP contribution >= 0.6 is 11.3 Å². The molecule has 0 radical (unpaired) electrons. The fourth-order valence-corrected chi connectivity index (χ4v) is 2.76. The smallest absolute Gasteiger partial charge is 0.119 e. The molecule has 4 heteroatoms. The van der Waals surface area contributed by atoms with Gasteiger partial charge in [0.15, 0.2) is 0 Å². The Kier molecular flexibility index (Phi) is 4.17. The molecule has 108 valence electrons. The molecular formula is C18H14N2OS. The molecule has 0 aliphatic carbocycles. The molecular weight excluding hydrogens is 292 g/mol. The summed E-state index contributed by atoms with van der Waals surface area (Å²) < 4.78 is 5.76. The number of thiazole rings is 1. The molecule has 0 bridgehead atoms. The summed E-state index contributed by atoms with van der Waals surface area (Å²) in [6.07, 6.45) is 0. The monoisotopic (exact) mass is 306 g/mol. The molecule has 3 aromatic rings. The Labute approximate surface area is 133 Å². The minimum atomic E-state index is 0.388. The van der Waals surface area contributed by atoms with Crippen LogP contribution in [0.5, 0.6) is 5.75 Å². The van der Waals surface area contributed by atoms with Crippen molar-refractivity contribution >= 4 is 11.3 Å². The van der Waals surface area contributed by atoms with Gasteiger partial charge < -0.3 is 4.74 Å². The van der Waals surface area contributed by atoms with Crippen LogP contribution < -0.4 is 4.74 Å². The number of rotatable bonds is 4. The average molecular weight is 306 g/mol. The highest BCUT2D eigenvalue weighted by atomic mass is 32.1. The normalized spacial score (nSPS) is 10.2. The molecule has 2 aromatic carbocycles. The number of hydrogen-bond acceptors (Lipinski definition) is 4. The number of hydrogen-bond donors (Lipinski definition) is 0. The first-order chi connectivity index (χ1) is 10.8. The van der Waals surface area contributed by atoms with Crippen molar-refractivity contribution in [3.05, 3.63) is 70.0 Å². The molecule has 22 heavy (non-hydrogen) atoms. The zero-order valence-corrected chi connectivity index (χ0v) is 12.9. The Bertz CT molecular complexity index is 816. The van der Waals surface area contributed by atoms with Crippen LogP contribution in [0.3, 0.4) is 0 Å². The first kappa shape index (κ1) is 14.3. The Balaban J connectivity index is 1.70. The molecule has 0 unspecified atom stereocenters. The van der Waals surface area contributed by atoms with E-state index >= 15 is 0 Å². The van der Waals surface area contributed by atoms with Gasteiger partial charge in [0.1, 0.15) is 12.4 Å². The van der Waals surface area contributed by atoms with E-state index in [2.05, 4.69) is 11.1 Å². The number of benzene rings is 2. The van der Waals surface area contributed by atoms with E-state index in [-0.39, 0.29) is 0 Å². The van der Waals surface area contributed by atoms with Gasteiger partial charge in [-0.05, 0) is 37.3 Å². The van der Waals surface area contributed by atoms with Gasteiger partial charge in [-0.15, -0.1) is 11.3 Å². The van der Waals surface area contributed by atoms with Crippen molar-refractivity contribution in [2.45, 2.75) is 13.5 Å². The van der Waals surface area contributed by atoms with Crippen molar-refractivity contribution in [1.82, 2.24) is 4.98 Å². The van der Waals surface area contributed by atoms with Gasteiger partial charge in [-0.1, -0.05) is 18.2 Å². The van der Waals surface area contributed by atoms with E-state index in [9.17, 15) is 0 Å². The summed E-state index contributed by atoms with van der Waals surface area (Å²) in [6.45, 7) is 2.39. The Morgan fingerprint density at radius 2 is 1.91 bits per heavy atom. The standard InChI is InChI=1S/C18H14N2OS/c1-13-20-18(12-22-13)14-6-8-17(9-7-14)21-11-16-5-3-2-4-15(16)10-19/h2-9,12H,11H2,1H3. The van der Waals surface area contributed by atoms with E-state index in [0.717, 1.165) is 27.6 Å². The van der Waals surface area contributed by atoms with E-state index in [0.29, 0.717) is 12.2 Å². The highest BCUT2D eigenvalue weighted by Gasteiger charge is 2.04. The fraction of sp³-hybridized carbons (Fsp3) is 0.111. The third-order valence-electron chi connectivity index (χ3n) is 3.30. The lowest BCUT2D eigenvalue weighted by Gasteiger charge is -2.08. The molecule has 0 saturated heterocycles. The molecule has 3 nitrogen and oxygen atoms in total. The number of nitriles is 1. The molecule has 0 N–H and O–H groups in total. The Morgan fingerprint density at radius 1 is 1.14 bits per heavy atom. The minimum absolute atomic E-state index is 0.388. The second-order valence-corrected chi connectivity index (χ2v) is 5.90. The summed E-state index contributed by atoms with van der Waals surface area (Å²) in [6, 6.07) is 17.5. The lowest BCUT2D eigenvalue weighted by molar-refractivity contribution is 0.306. The molecule has 0 saturated carbocycles. The third kappa shape index (κ3) is 3.16. The van der Waals surface area contributed by atoms with Crippen molar-refractivity contribution in [1.29, 1.82) is 5.26 Å². The number of ether oxygens (including phenoxy) is 1. The maximum Gasteiger partial charge on any atom is 0.119 e. The van der Waals surface area contributed by atoms with Crippen LogP contribution in [0, 0.1) is 18.3 Å². The van der Waals surface area contributed by atoms with Crippen molar-refractivity contribution in [2.75, 3.05) is 0 Å².